The maximum absolute atomic E-state index is 12.1. The summed E-state index contributed by atoms with van der Waals surface area (Å²) in [5, 5.41) is 0.521. The molecule has 3 rings (SSSR count). The van der Waals surface area contributed by atoms with E-state index in [1.807, 2.05) is 45.8 Å². The van der Waals surface area contributed by atoms with Gasteiger partial charge in [0, 0.05) is 30.6 Å². The Kier molecular flexibility index (Phi) is 5.79. The molecule has 1 aliphatic carbocycles. The fourth-order valence-electron chi connectivity index (χ4n) is 4.60. The fourth-order valence-corrected chi connectivity index (χ4v) is 4.82. The van der Waals surface area contributed by atoms with Crippen molar-refractivity contribution in [1.82, 2.24) is 9.80 Å². The molecule has 2 aliphatic rings. The molecule has 0 unspecified atom stereocenters. The lowest BCUT2D eigenvalue weighted by atomic mass is 9.56. The lowest BCUT2D eigenvalue weighted by Crippen LogP contribution is -2.64. The molecule has 154 valence electrons. The summed E-state index contributed by atoms with van der Waals surface area (Å²) in [6.45, 7) is 7.97. The van der Waals surface area contributed by atoms with Crippen LogP contribution >= 0.6 is 11.6 Å². The highest BCUT2D eigenvalue weighted by Gasteiger charge is 2.54. The van der Waals surface area contributed by atoms with Gasteiger partial charge < -0.3 is 14.5 Å². The number of carbonyl (C=O) groups excluding carboxylic acids is 2. The molecule has 0 bridgehead atoms. The predicted molar refractivity (Wildman–Crippen MR) is 111 cm³/mol. The highest BCUT2D eigenvalue weighted by atomic mass is 35.5. The molecule has 1 saturated heterocycles. The van der Waals surface area contributed by atoms with Crippen molar-refractivity contribution in [2.45, 2.75) is 52.2 Å². The van der Waals surface area contributed by atoms with Crippen LogP contribution in [0.4, 0.5) is 4.79 Å². The number of ether oxygens (including phenoxy) is 1. The van der Waals surface area contributed by atoms with Gasteiger partial charge in [0.15, 0.2) is 6.29 Å². The predicted octanol–water partition coefficient (Wildman–Crippen LogP) is 4.40. The van der Waals surface area contributed by atoms with Gasteiger partial charge in [0.2, 0.25) is 0 Å². The first-order chi connectivity index (χ1) is 13.0. The van der Waals surface area contributed by atoms with E-state index in [1.165, 1.54) is 5.56 Å². The molecule has 6 heteroatoms. The van der Waals surface area contributed by atoms with Crippen LogP contribution in [0.25, 0.3) is 0 Å². The summed E-state index contributed by atoms with van der Waals surface area (Å²) in [5.74, 6) is 0.586. The van der Waals surface area contributed by atoms with Crippen molar-refractivity contribution in [2.24, 2.45) is 11.3 Å². The molecule has 1 aromatic carbocycles. The number of hydrogen-bond acceptors (Lipinski definition) is 4. The van der Waals surface area contributed by atoms with Gasteiger partial charge in [-0.05, 0) is 77.2 Å². The molecule has 1 spiro atoms. The van der Waals surface area contributed by atoms with Crippen molar-refractivity contribution in [2.75, 3.05) is 27.2 Å². The number of nitrogens with zero attached hydrogens (tertiary/aromatic N) is 2. The van der Waals surface area contributed by atoms with Gasteiger partial charge in [-0.3, -0.25) is 4.79 Å². The number of aldehydes is 1. The molecular formula is C22H31ClN2O3. The van der Waals surface area contributed by atoms with Crippen molar-refractivity contribution in [3.05, 3.63) is 33.8 Å². The standard InChI is InChI=1S/C22H31ClN2O3/c1-21(2,3)28-20(27)25-13-22(14-25)9-15(10-22)8-16-6-7-19(23)18(12-26)17(16)11-24(4)5/h6-7,12,15H,8-11,13-14H2,1-5H3. The third-order valence-corrected chi connectivity index (χ3v) is 5.98. The summed E-state index contributed by atoms with van der Waals surface area (Å²) in [7, 11) is 3.99. The van der Waals surface area contributed by atoms with E-state index in [-0.39, 0.29) is 11.5 Å². The van der Waals surface area contributed by atoms with Gasteiger partial charge in [0.05, 0.1) is 5.02 Å². The number of amides is 1. The zero-order valence-corrected chi connectivity index (χ0v) is 18.3. The molecule has 0 N–H and O–H groups in total. The molecule has 0 atom stereocenters. The third-order valence-electron chi connectivity index (χ3n) is 5.65. The second-order valence-corrected chi connectivity index (χ2v) is 10.2. The van der Waals surface area contributed by atoms with Crippen LogP contribution in [0, 0.1) is 11.3 Å². The number of benzene rings is 1. The van der Waals surface area contributed by atoms with Gasteiger partial charge in [-0.25, -0.2) is 4.79 Å². The van der Waals surface area contributed by atoms with Crippen molar-refractivity contribution in [3.63, 3.8) is 0 Å². The van der Waals surface area contributed by atoms with Gasteiger partial charge in [0.1, 0.15) is 5.60 Å². The van der Waals surface area contributed by atoms with E-state index >= 15 is 0 Å². The Hall–Kier alpha value is -1.59. The average Bonchev–Trinajstić information content (AvgIpc) is 2.48. The summed E-state index contributed by atoms with van der Waals surface area (Å²) in [5.41, 5.74) is 2.68. The van der Waals surface area contributed by atoms with Crippen LogP contribution < -0.4 is 0 Å². The maximum Gasteiger partial charge on any atom is 0.410 e. The van der Waals surface area contributed by atoms with E-state index in [0.717, 1.165) is 44.2 Å². The maximum atomic E-state index is 12.1. The van der Waals surface area contributed by atoms with Crippen molar-refractivity contribution < 1.29 is 14.3 Å². The van der Waals surface area contributed by atoms with E-state index in [9.17, 15) is 9.59 Å². The zero-order chi connectivity index (χ0) is 20.7. The Bertz CT molecular complexity index is 756. The number of rotatable bonds is 5. The Labute approximate surface area is 173 Å². The minimum atomic E-state index is -0.449. The Morgan fingerprint density at radius 3 is 2.50 bits per heavy atom. The molecule has 1 amide bonds. The zero-order valence-electron chi connectivity index (χ0n) is 17.5. The van der Waals surface area contributed by atoms with Gasteiger partial charge in [-0.1, -0.05) is 17.7 Å². The van der Waals surface area contributed by atoms with Crippen LogP contribution in [0.2, 0.25) is 5.02 Å². The summed E-state index contributed by atoms with van der Waals surface area (Å²) in [6, 6.07) is 3.90. The average molecular weight is 407 g/mol. The molecule has 1 aliphatic heterocycles. The Balaban J connectivity index is 1.59. The molecule has 28 heavy (non-hydrogen) atoms. The van der Waals surface area contributed by atoms with E-state index in [4.69, 9.17) is 16.3 Å². The highest BCUT2D eigenvalue weighted by molar-refractivity contribution is 6.33. The fraction of sp³-hybridized carbons (Fsp3) is 0.636. The molecule has 1 heterocycles. The molecule has 0 aromatic heterocycles. The molecule has 1 saturated carbocycles. The van der Waals surface area contributed by atoms with E-state index in [1.54, 1.807) is 0 Å². The smallest absolute Gasteiger partial charge is 0.410 e. The van der Waals surface area contributed by atoms with Gasteiger partial charge >= 0.3 is 6.09 Å². The molecule has 5 nitrogen and oxygen atoms in total. The third kappa shape index (κ3) is 4.52. The Morgan fingerprint density at radius 2 is 1.96 bits per heavy atom. The monoisotopic (exact) mass is 406 g/mol. The molecular weight excluding hydrogens is 376 g/mol. The van der Waals surface area contributed by atoms with E-state index in [0.29, 0.717) is 23.0 Å². The first-order valence-corrected chi connectivity index (χ1v) is 10.3. The first kappa shape index (κ1) is 21.1. The van der Waals surface area contributed by atoms with Gasteiger partial charge in [-0.15, -0.1) is 0 Å². The lowest BCUT2D eigenvalue weighted by Gasteiger charge is -2.59. The van der Waals surface area contributed by atoms with E-state index < -0.39 is 5.60 Å². The van der Waals surface area contributed by atoms with Crippen LogP contribution in [0.15, 0.2) is 12.1 Å². The number of halogens is 1. The summed E-state index contributed by atoms with van der Waals surface area (Å²) >= 11 is 6.24. The summed E-state index contributed by atoms with van der Waals surface area (Å²) in [6.07, 6.45) is 3.86. The largest absolute Gasteiger partial charge is 0.444 e. The number of hydrogen-bond donors (Lipinski definition) is 0. The van der Waals surface area contributed by atoms with Gasteiger partial charge in [0.25, 0.3) is 0 Å². The van der Waals surface area contributed by atoms with Crippen molar-refractivity contribution in [1.29, 1.82) is 0 Å². The SMILES string of the molecule is CN(C)Cc1c(CC2CC3(C2)CN(C(=O)OC(C)(C)C)C3)ccc(Cl)c1C=O. The highest BCUT2D eigenvalue weighted by Crippen LogP contribution is 2.53. The molecule has 0 radical (unpaired) electrons. The molecule has 2 fully saturated rings. The van der Waals surface area contributed by atoms with Crippen LogP contribution in [0.3, 0.4) is 0 Å². The van der Waals surface area contributed by atoms with Gasteiger partial charge in [-0.2, -0.15) is 0 Å². The van der Waals surface area contributed by atoms with E-state index in [2.05, 4.69) is 11.0 Å². The Morgan fingerprint density at radius 1 is 1.32 bits per heavy atom. The quantitative estimate of drug-likeness (QED) is 0.680. The lowest BCUT2D eigenvalue weighted by molar-refractivity contribution is -0.0948. The first-order valence-electron chi connectivity index (χ1n) is 9.90. The van der Waals surface area contributed by atoms with Crippen LogP contribution in [0.5, 0.6) is 0 Å². The second-order valence-electron chi connectivity index (χ2n) is 9.77. The number of carbonyl (C=O) groups is 2. The summed E-state index contributed by atoms with van der Waals surface area (Å²) < 4.78 is 5.45. The second kappa shape index (κ2) is 7.68. The minimum Gasteiger partial charge on any atom is -0.444 e. The van der Waals surface area contributed by atoms with Crippen LogP contribution in [-0.2, 0) is 17.7 Å². The molecule has 1 aromatic rings. The normalized spacial score (nSPS) is 18.8. The van der Waals surface area contributed by atoms with Crippen LogP contribution in [0.1, 0.15) is 55.1 Å². The van der Waals surface area contributed by atoms with Crippen LogP contribution in [-0.4, -0.2) is 55.0 Å². The summed E-state index contributed by atoms with van der Waals surface area (Å²) in [4.78, 5) is 27.6. The topological polar surface area (TPSA) is 49.9 Å². The van der Waals surface area contributed by atoms with Crippen molar-refractivity contribution in [3.8, 4) is 0 Å². The minimum absolute atomic E-state index is 0.205. The number of likely N-dealkylation sites (tertiary alicyclic amines) is 1. The van der Waals surface area contributed by atoms with Crippen molar-refractivity contribution >= 4 is 24.0 Å².